The molecule has 0 atom stereocenters. The average Bonchev–Trinajstić information content (AvgIpc) is 2.49. The topological polar surface area (TPSA) is 63.2 Å². The Kier molecular flexibility index (Phi) is 4.94. The van der Waals surface area contributed by atoms with E-state index < -0.39 is 0 Å². The highest BCUT2D eigenvalue weighted by Gasteiger charge is 2.02. The molecule has 0 saturated carbocycles. The van der Waals surface area contributed by atoms with Gasteiger partial charge in [0, 0.05) is 24.6 Å². The monoisotopic (exact) mass is 271 g/mol. The van der Waals surface area contributed by atoms with Gasteiger partial charge in [-0.1, -0.05) is 0 Å². The number of carbonyl (C=O) groups is 1. The van der Waals surface area contributed by atoms with E-state index in [1.807, 2.05) is 31.2 Å². The van der Waals surface area contributed by atoms with Crippen molar-refractivity contribution in [2.75, 3.05) is 11.9 Å². The first kappa shape index (κ1) is 13.9. The lowest BCUT2D eigenvalue weighted by Gasteiger charge is -2.08. The van der Waals surface area contributed by atoms with Gasteiger partial charge in [0.2, 0.25) is 0 Å². The first-order chi connectivity index (χ1) is 9.78. The third-order valence-electron chi connectivity index (χ3n) is 2.63. The number of nitrogens with one attached hydrogen (secondary N) is 2. The normalized spacial score (nSPS) is 9.85. The third-order valence-corrected chi connectivity index (χ3v) is 2.63. The van der Waals surface area contributed by atoms with Gasteiger partial charge in [-0.3, -0.25) is 4.98 Å². The highest BCUT2D eigenvalue weighted by Crippen LogP contribution is 2.15. The molecule has 0 aliphatic heterocycles. The quantitative estimate of drug-likeness (QED) is 0.879. The number of hydrogen-bond acceptors (Lipinski definition) is 3. The molecule has 1 aromatic heterocycles. The van der Waals surface area contributed by atoms with Crippen LogP contribution in [0.2, 0.25) is 0 Å². The molecule has 0 spiro atoms. The zero-order valence-corrected chi connectivity index (χ0v) is 11.3. The standard InChI is InChI=1S/C15H17N3O2/c1-2-20-14-5-3-13(4-6-14)18-15(19)17-11-12-7-9-16-10-8-12/h3-10H,2,11H2,1H3,(H2,17,18,19). The van der Waals surface area contributed by atoms with Gasteiger partial charge in [0.15, 0.2) is 0 Å². The predicted molar refractivity (Wildman–Crippen MR) is 77.7 cm³/mol. The number of hydrogen-bond donors (Lipinski definition) is 2. The predicted octanol–water partition coefficient (Wildman–Crippen LogP) is 2.80. The van der Waals surface area contributed by atoms with Crippen LogP contribution >= 0.6 is 0 Å². The zero-order valence-electron chi connectivity index (χ0n) is 11.3. The molecule has 0 saturated heterocycles. The molecule has 1 heterocycles. The van der Waals surface area contributed by atoms with E-state index in [0.717, 1.165) is 17.0 Å². The van der Waals surface area contributed by atoms with E-state index in [1.54, 1.807) is 24.5 Å². The maximum Gasteiger partial charge on any atom is 0.319 e. The van der Waals surface area contributed by atoms with Crippen molar-refractivity contribution in [2.24, 2.45) is 0 Å². The molecule has 0 fully saturated rings. The fraction of sp³-hybridized carbons (Fsp3) is 0.200. The van der Waals surface area contributed by atoms with Gasteiger partial charge in [0.1, 0.15) is 5.75 Å². The fourth-order valence-corrected chi connectivity index (χ4v) is 1.66. The Morgan fingerprint density at radius 1 is 1.15 bits per heavy atom. The summed E-state index contributed by atoms with van der Waals surface area (Å²) < 4.78 is 5.34. The van der Waals surface area contributed by atoms with Crippen LogP contribution in [0.25, 0.3) is 0 Å². The maximum atomic E-state index is 11.7. The zero-order chi connectivity index (χ0) is 14.2. The van der Waals surface area contributed by atoms with Gasteiger partial charge in [0.05, 0.1) is 6.61 Å². The summed E-state index contributed by atoms with van der Waals surface area (Å²) in [5, 5.41) is 5.54. The Balaban J connectivity index is 1.82. The van der Waals surface area contributed by atoms with Gasteiger partial charge in [0.25, 0.3) is 0 Å². The summed E-state index contributed by atoms with van der Waals surface area (Å²) in [5.74, 6) is 0.787. The SMILES string of the molecule is CCOc1ccc(NC(=O)NCc2ccncc2)cc1. The number of pyridine rings is 1. The number of carbonyl (C=O) groups excluding carboxylic acids is 1. The number of benzene rings is 1. The van der Waals surface area contributed by atoms with Crippen molar-refractivity contribution < 1.29 is 9.53 Å². The smallest absolute Gasteiger partial charge is 0.319 e. The molecule has 2 amide bonds. The van der Waals surface area contributed by atoms with Crippen LogP contribution in [0.3, 0.4) is 0 Å². The van der Waals surface area contributed by atoms with Crippen LogP contribution in [-0.2, 0) is 6.54 Å². The lowest BCUT2D eigenvalue weighted by Crippen LogP contribution is -2.28. The molecular weight excluding hydrogens is 254 g/mol. The van der Waals surface area contributed by atoms with Gasteiger partial charge >= 0.3 is 6.03 Å². The Bertz CT molecular complexity index is 541. The molecule has 2 rings (SSSR count). The van der Waals surface area contributed by atoms with Crippen LogP contribution in [0.5, 0.6) is 5.75 Å². The van der Waals surface area contributed by atoms with Crippen molar-refractivity contribution in [3.8, 4) is 5.75 Å². The van der Waals surface area contributed by atoms with E-state index in [-0.39, 0.29) is 6.03 Å². The molecule has 2 N–H and O–H groups in total. The fourth-order valence-electron chi connectivity index (χ4n) is 1.66. The Labute approximate surface area is 118 Å². The summed E-state index contributed by atoms with van der Waals surface area (Å²) in [7, 11) is 0. The van der Waals surface area contributed by atoms with Crippen molar-refractivity contribution in [2.45, 2.75) is 13.5 Å². The second-order valence-corrected chi connectivity index (χ2v) is 4.12. The van der Waals surface area contributed by atoms with Gasteiger partial charge in [-0.25, -0.2) is 4.79 Å². The maximum absolute atomic E-state index is 11.7. The first-order valence-corrected chi connectivity index (χ1v) is 6.44. The van der Waals surface area contributed by atoms with Gasteiger partial charge in [-0.05, 0) is 48.9 Å². The van der Waals surface area contributed by atoms with Crippen molar-refractivity contribution in [3.63, 3.8) is 0 Å². The van der Waals surface area contributed by atoms with E-state index in [4.69, 9.17) is 4.74 Å². The molecule has 2 aromatic rings. The van der Waals surface area contributed by atoms with Crippen molar-refractivity contribution >= 4 is 11.7 Å². The highest BCUT2D eigenvalue weighted by atomic mass is 16.5. The first-order valence-electron chi connectivity index (χ1n) is 6.44. The summed E-state index contributed by atoms with van der Waals surface area (Å²) in [4.78, 5) is 15.7. The number of rotatable bonds is 5. The molecule has 1 aromatic carbocycles. The summed E-state index contributed by atoms with van der Waals surface area (Å²) in [6, 6.07) is 10.7. The Hall–Kier alpha value is -2.56. The molecule has 20 heavy (non-hydrogen) atoms. The molecule has 0 bridgehead atoms. The number of urea groups is 1. The lowest BCUT2D eigenvalue weighted by atomic mass is 10.3. The minimum atomic E-state index is -0.244. The molecule has 5 nitrogen and oxygen atoms in total. The molecule has 0 aliphatic carbocycles. The van der Waals surface area contributed by atoms with E-state index in [1.165, 1.54) is 0 Å². The summed E-state index contributed by atoms with van der Waals surface area (Å²) >= 11 is 0. The second kappa shape index (κ2) is 7.13. The summed E-state index contributed by atoms with van der Waals surface area (Å²) in [6.07, 6.45) is 3.39. The van der Waals surface area contributed by atoms with Crippen LogP contribution in [0.15, 0.2) is 48.8 Å². The molecule has 5 heteroatoms. The second-order valence-electron chi connectivity index (χ2n) is 4.12. The molecule has 0 unspecified atom stereocenters. The number of anilines is 1. The number of amides is 2. The number of aromatic nitrogens is 1. The van der Waals surface area contributed by atoms with Crippen LogP contribution in [-0.4, -0.2) is 17.6 Å². The Morgan fingerprint density at radius 3 is 2.50 bits per heavy atom. The van der Waals surface area contributed by atoms with Crippen molar-refractivity contribution in [3.05, 3.63) is 54.4 Å². The minimum Gasteiger partial charge on any atom is -0.494 e. The van der Waals surface area contributed by atoms with Crippen LogP contribution in [0.4, 0.5) is 10.5 Å². The molecular formula is C15H17N3O2. The lowest BCUT2D eigenvalue weighted by molar-refractivity contribution is 0.251. The van der Waals surface area contributed by atoms with Crippen LogP contribution < -0.4 is 15.4 Å². The van der Waals surface area contributed by atoms with Gasteiger partial charge < -0.3 is 15.4 Å². The number of nitrogens with zero attached hydrogens (tertiary/aromatic N) is 1. The van der Waals surface area contributed by atoms with Gasteiger partial charge in [-0.15, -0.1) is 0 Å². The average molecular weight is 271 g/mol. The molecule has 0 aliphatic rings. The number of ether oxygens (including phenoxy) is 1. The summed E-state index contributed by atoms with van der Waals surface area (Å²) in [6.45, 7) is 3.02. The van der Waals surface area contributed by atoms with Crippen LogP contribution in [0, 0.1) is 0 Å². The minimum absolute atomic E-state index is 0.244. The van der Waals surface area contributed by atoms with E-state index in [0.29, 0.717) is 13.2 Å². The van der Waals surface area contributed by atoms with Crippen LogP contribution in [0.1, 0.15) is 12.5 Å². The highest BCUT2D eigenvalue weighted by molar-refractivity contribution is 5.89. The van der Waals surface area contributed by atoms with E-state index in [2.05, 4.69) is 15.6 Å². The largest absolute Gasteiger partial charge is 0.494 e. The molecule has 0 radical (unpaired) electrons. The van der Waals surface area contributed by atoms with E-state index in [9.17, 15) is 4.79 Å². The van der Waals surface area contributed by atoms with Crippen molar-refractivity contribution in [1.29, 1.82) is 0 Å². The Morgan fingerprint density at radius 2 is 1.85 bits per heavy atom. The van der Waals surface area contributed by atoms with E-state index >= 15 is 0 Å². The van der Waals surface area contributed by atoms with Gasteiger partial charge in [-0.2, -0.15) is 0 Å². The molecule has 104 valence electrons. The summed E-state index contributed by atoms with van der Waals surface area (Å²) in [5.41, 5.74) is 1.72. The third kappa shape index (κ3) is 4.28. The van der Waals surface area contributed by atoms with Crippen molar-refractivity contribution in [1.82, 2.24) is 10.3 Å².